The summed E-state index contributed by atoms with van der Waals surface area (Å²) >= 11 is 0. The van der Waals surface area contributed by atoms with E-state index < -0.39 is 17.7 Å². The van der Waals surface area contributed by atoms with Crippen LogP contribution >= 0.6 is 0 Å². The number of nitrogens with one attached hydrogen (secondary N) is 1. The molecule has 3 N–H and O–H groups in total. The van der Waals surface area contributed by atoms with Gasteiger partial charge in [-0.15, -0.1) is 0 Å². The average Bonchev–Trinajstić information content (AvgIpc) is 3.22. The number of Topliss-reactive ketones (excluding diaryl/α,β-unsaturated/α-hetero) is 1. The molecule has 1 heterocycles. The van der Waals surface area contributed by atoms with Gasteiger partial charge < -0.3 is 25.0 Å². The maximum Gasteiger partial charge on any atom is 0.266 e. The molecule has 1 aliphatic heterocycles. The third kappa shape index (κ3) is 5.18. The molecule has 3 amide bonds. The number of hydrogen-bond acceptors (Lipinski definition) is 8. The maximum atomic E-state index is 13.3. The van der Waals surface area contributed by atoms with Gasteiger partial charge in [-0.3, -0.25) is 19.2 Å². The van der Waals surface area contributed by atoms with Gasteiger partial charge in [0.15, 0.2) is 28.8 Å². The zero-order valence-corrected chi connectivity index (χ0v) is 22.0. The number of benzene rings is 4. The number of ketones is 1. The lowest BCUT2D eigenvalue weighted by Crippen LogP contribution is -2.29. The highest BCUT2D eigenvalue weighted by atomic mass is 16.5. The number of rotatable bonds is 8. The van der Waals surface area contributed by atoms with Crippen LogP contribution in [0.2, 0.25) is 0 Å². The predicted octanol–water partition coefficient (Wildman–Crippen LogP) is 4.59. The Bertz CT molecular complexity index is 1730. The Morgan fingerprint density at radius 2 is 1.44 bits per heavy atom. The number of nitrogens with zero attached hydrogens (tertiary/aromatic N) is 1. The molecule has 41 heavy (non-hydrogen) atoms. The molecule has 0 unspecified atom stereocenters. The molecule has 4 aromatic carbocycles. The van der Waals surface area contributed by atoms with Crippen LogP contribution in [-0.2, 0) is 6.42 Å². The Hall–Kier alpha value is -5.64. The Morgan fingerprint density at radius 1 is 0.756 bits per heavy atom. The molecule has 0 spiro atoms. The van der Waals surface area contributed by atoms with E-state index in [2.05, 4.69) is 5.32 Å². The number of amides is 3. The van der Waals surface area contributed by atoms with E-state index in [1.165, 1.54) is 68.8 Å². The van der Waals surface area contributed by atoms with Crippen molar-refractivity contribution in [1.29, 1.82) is 0 Å². The Kier molecular flexibility index (Phi) is 7.13. The van der Waals surface area contributed by atoms with Crippen LogP contribution in [0.25, 0.3) is 0 Å². The van der Waals surface area contributed by atoms with Gasteiger partial charge in [0, 0.05) is 29.3 Å². The van der Waals surface area contributed by atoms with Crippen LogP contribution in [0.1, 0.15) is 47.0 Å². The standard InChI is InChI=1S/C31H24N2O8/c1-40-27-10-6-17(13-25(27)35)12-24(34)18-7-9-22-23(15-18)31(39)33(30(22)38)21-5-3-4-19(14-21)29(37)32-20-8-11-28(41-2)26(36)16-20/h3-11,13-16,35-36H,12H2,1-2H3,(H,32,37). The molecular weight excluding hydrogens is 528 g/mol. The fraction of sp³-hybridized carbons (Fsp3) is 0.0968. The normalized spacial score (nSPS) is 12.2. The number of phenols is 2. The van der Waals surface area contributed by atoms with Crippen LogP contribution in [0.15, 0.2) is 78.9 Å². The van der Waals surface area contributed by atoms with Crippen LogP contribution < -0.4 is 19.7 Å². The van der Waals surface area contributed by atoms with Crippen molar-refractivity contribution in [3.63, 3.8) is 0 Å². The van der Waals surface area contributed by atoms with Gasteiger partial charge in [0.1, 0.15) is 0 Å². The topological polar surface area (TPSA) is 142 Å². The summed E-state index contributed by atoms with van der Waals surface area (Å²) in [5.41, 5.74) is 1.67. The van der Waals surface area contributed by atoms with Crippen molar-refractivity contribution >= 4 is 34.9 Å². The van der Waals surface area contributed by atoms with Gasteiger partial charge in [-0.05, 0) is 60.2 Å². The summed E-state index contributed by atoms with van der Waals surface area (Å²) in [6.07, 6.45) is -0.0364. The fourth-order valence-electron chi connectivity index (χ4n) is 4.54. The van der Waals surface area contributed by atoms with E-state index in [1.54, 1.807) is 24.3 Å². The van der Waals surface area contributed by atoms with Crippen LogP contribution in [0.4, 0.5) is 11.4 Å². The highest BCUT2D eigenvalue weighted by Crippen LogP contribution is 2.32. The van der Waals surface area contributed by atoms with E-state index in [-0.39, 0.29) is 63.1 Å². The van der Waals surface area contributed by atoms with Crippen molar-refractivity contribution in [2.75, 3.05) is 24.4 Å². The van der Waals surface area contributed by atoms with Crippen molar-refractivity contribution in [3.05, 3.63) is 107 Å². The van der Waals surface area contributed by atoms with Gasteiger partial charge >= 0.3 is 0 Å². The van der Waals surface area contributed by atoms with E-state index in [0.717, 1.165) is 4.90 Å². The monoisotopic (exact) mass is 552 g/mol. The molecule has 10 nitrogen and oxygen atoms in total. The highest BCUT2D eigenvalue weighted by Gasteiger charge is 2.37. The van der Waals surface area contributed by atoms with Gasteiger partial charge in [0.05, 0.1) is 31.0 Å². The maximum absolute atomic E-state index is 13.3. The van der Waals surface area contributed by atoms with Crippen molar-refractivity contribution in [2.24, 2.45) is 0 Å². The lowest BCUT2D eigenvalue weighted by molar-refractivity contribution is 0.0923. The molecule has 5 rings (SSSR count). The molecule has 0 fully saturated rings. The number of methoxy groups -OCH3 is 2. The molecule has 10 heteroatoms. The Balaban J connectivity index is 1.35. The Labute approximate surface area is 234 Å². The lowest BCUT2D eigenvalue weighted by Gasteiger charge is -2.15. The Morgan fingerprint density at radius 3 is 2.12 bits per heavy atom. The first-order valence-corrected chi connectivity index (χ1v) is 12.4. The quantitative estimate of drug-likeness (QED) is 0.213. The number of carbonyl (C=O) groups excluding carboxylic acids is 4. The number of ether oxygens (including phenoxy) is 2. The molecule has 1 aliphatic rings. The molecule has 0 aliphatic carbocycles. The second kappa shape index (κ2) is 10.9. The fourth-order valence-corrected chi connectivity index (χ4v) is 4.54. The second-order valence-electron chi connectivity index (χ2n) is 9.20. The first kappa shape index (κ1) is 26.9. The van der Waals surface area contributed by atoms with Gasteiger partial charge in [0.25, 0.3) is 17.7 Å². The highest BCUT2D eigenvalue weighted by molar-refractivity contribution is 6.35. The first-order valence-electron chi connectivity index (χ1n) is 12.4. The van der Waals surface area contributed by atoms with E-state index in [9.17, 15) is 29.4 Å². The number of hydrogen-bond donors (Lipinski definition) is 3. The molecular formula is C31H24N2O8. The number of carbonyl (C=O) groups is 4. The summed E-state index contributed by atoms with van der Waals surface area (Å²) in [7, 11) is 2.83. The molecule has 0 bridgehead atoms. The summed E-state index contributed by atoms with van der Waals surface area (Å²) < 4.78 is 10.0. The van der Waals surface area contributed by atoms with Crippen molar-refractivity contribution < 1.29 is 38.9 Å². The third-order valence-electron chi connectivity index (χ3n) is 6.62. The van der Waals surface area contributed by atoms with Crippen molar-refractivity contribution in [2.45, 2.75) is 6.42 Å². The lowest BCUT2D eigenvalue weighted by atomic mass is 9.99. The average molecular weight is 553 g/mol. The smallest absolute Gasteiger partial charge is 0.266 e. The number of anilines is 2. The van der Waals surface area contributed by atoms with Gasteiger partial charge in [-0.1, -0.05) is 18.2 Å². The molecule has 0 saturated heterocycles. The molecule has 4 aromatic rings. The van der Waals surface area contributed by atoms with Crippen LogP contribution in [0.3, 0.4) is 0 Å². The zero-order valence-electron chi connectivity index (χ0n) is 22.0. The van der Waals surface area contributed by atoms with Gasteiger partial charge in [0.2, 0.25) is 0 Å². The number of aromatic hydroxyl groups is 2. The van der Waals surface area contributed by atoms with Crippen LogP contribution in [0, 0.1) is 0 Å². The summed E-state index contributed by atoms with van der Waals surface area (Å²) in [5, 5.41) is 22.6. The molecule has 0 saturated carbocycles. The first-order chi connectivity index (χ1) is 19.7. The summed E-state index contributed by atoms with van der Waals surface area (Å²) in [6, 6.07) is 19.3. The molecule has 0 atom stereocenters. The minimum absolute atomic E-state index is 0.0364. The van der Waals surface area contributed by atoms with E-state index in [1.807, 2.05) is 0 Å². The summed E-state index contributed by atoms with van der Waals surface area (Å²) in [6.45, 7) is 0. The number of fused-ring (bicyclic) bond motifs is 1. The predicted molar refractivity (Wildman–Crippen MR) is 149 cm³/mol. The van der Waals surface area contributed by atoms with E-state index in [4.69, 9.17) is 9.47 Å². The minimum atomic E-state index is -0.626. The largest absolute Gasteiger partial charge is 0.504 e. The van der Waals surface area contributed by atoms with Crippen LogP contribution in [0.5, 0.6) is 23.0 Å². The molecule has 206 valence electrons. The number of phenolic OH excluding ortho intramolecular Hbond substituents is 2. The molecule has 0 aromatic heterocycles. The zero-order chi connectivity index (χ0) is 29.3. The van der Waals surface area contributed by atoms with Crippen molar-refractivity contribution in [3.8, 4) is 23.0 Å². The van der Waals surface area contributed by atoms with Gasteiger partial charge in [-0.2, -0.15) is 0 Å². The van der Waals surface area contributed by atoms with Gasteiger partial charge in [-0.25, -0.2) is 4.90 Å². The van der Waals surface area contributed by atoms with Crippen LogP contribution in [-0.4, -0.2) is 47.9 Å². The third-order valence-corrected chi connectivity index (χ3v) is 6.62. The SMILES string of the molecule is COc1ccc(CC(=O)c2ccc3c(c2)C(=O)N(c2cccc(C(=O)Nc4ccc(OC)c(O)c4)c2)C3=O)cc1O. The summed E-state index contributed by atoms with van der Waals surface area (Å²) in [4.78, 5) is 53.3. The molecule has 0 radical (unpaired) electrons. The van der Waals surface area contributed by atoms with Crippen molar-refractivity contribution in [1.82, 2.24) is 0 Å². The second-order valence-corrected chi connectivity index (χ2v) is 9.20. The van der Waals surface area contributed by atoms with E-state index >= 15 is 0 Å². The summed E-state index contributed by atoms with van der Waals surface area (Å²) in [5.74, 6) is -1.75. The van der Waals surface area contributed by atoms with E-state index in [0.29, 0.717) is 11.3 Å². The number of imide groups is 1. The minimum Gasteiger partial charge on any atom is -0.504 e.